The van der Waals surface area contributed by atoms with Crippen LogP contribution in [-0.4, -0.2) is 15.1 Å². The van der Waals surface area contributed by atoms with E-state index >= 15 is 0 Å². The molecule has 18 heavy (non-hydrogen) atoms. The number of benzene rings is 1. The Bertz CT molecular complexity index is 604. The van der Waals surface area contributed by atoms with E-state index in [2.05, 4.69) is 39.3 Å². The van der Waals surface area contributed by atoms with Crippen LogP contribution >= 0.6 is 12.2 Å². The number of rotatable bonds is 3. The van der Waals surface area contributed by atoms with Gasteiger partial charge in [0.25, 0.3) is 0 Å². The van der Waals surface area contributed by atoms with Crippen LogP contribution in [0.2, 0.25) is 0 Å². The van der Waals surface area contributed by atoms with Crippen molar-refractivity contribution in [1.82, 2.24) is 9.97 Å². The smallest absolute Gasteiger partial charge is 0.241 e. The van der Waals surface area contributed by atoms with Gasteiger partial charge in [0.2, 0.25) is 5.95 Å². The Morgan fingerprint density at radius 3 is 2.61 bits per heavy atom. The van der Waals surface area contributed by atoms with Gasteiger partial charge in [0.1, 0.15) is 5.69 Å². The summed E-state index contributed by atoms with van der Waals surface area (Å²) in [7, 11) is 0. The van der Waals surface area contributed by atoms with Crippen LogP contribution < -0.4 is 0 Å². The van der Waals surface area contributed by atoms with Crippen molar-refractivity contribution in [1.29, 1.82) is 0 Å². The van der Waals surface area contributed by atoms with Crippen LogP contribution in [0.3, 0.4) is 0 Å². The topological polar surface area (TPSA) is 38.1 Å². The fourth-order valence-electron chi connectivity index (χ4n) is 1.55. The van der Waals surface area contributed by atoms with Crippen molar-refractivity contribution in [3.8, 4) is 11.3 Å². The van der Waals surface area contributed by atoms with Gasteiger partial charge in [-0.3, -0.25) is 0 Å². The van der Waals surface area contributed by atoms with Gasteiger partial charge in [-0.05, 0) is 24.2 Å². The first-order valence-corrected chi connectivity index (χ1v) is 5.85. The molecule has 0 N–H and O–H groups in total. The molecule has 3 nitrogen and oxygen atoms in total. The van der Waals surface area contributed by atoms with E-state index in [0.29, 0.717) is 5.56 Å². The third-order valence-corrected chi connectivity index (χ3v) is 2.60. The van der Waals surface area contributed by atoms with Crippen LogP contribution in [0.1, 0.15) is 12.5 Å². The molecule has 5 heteroatoms. The summed E-state index contributed by atoms with van der Waals surface area (Å²) in [5.74, 6) is -0.540. The third-order valence-electron chi connectivity index (χ3n) is 2.51. The Morgan fingerprint density at radius 1 is 1.33 bits per heavy atom. The van der Waals surface area contributed by atoms with E-state index in [1.165, 1.54) is 11.8 Å². The Morgan fingerprint density at radius 2 is 2.06 bits per heavy atom. The summed E-state index contributed by atoms with van der Waals surface area (Å²) >= 11 is 4.42. The number of aryl methyl sites for hydroxylation is 1. The molecule has 0 aliphatic heterocycles. The number of aromatic nitrogens is 2. The lowest BCUT2D eigenvalue weighted by atomic mass is 10.1. The molecule has 0 bridgehead atoms. The Balaban J connectivity index is 2.40. The van der Waals surface area contributed by atoms with Crippen molar-refractivity contribution in [2.24, 2.45) is 4.99 Å². The lowest BCUT2D eigenvalue weighted by molar-refractivity contribution is 0.582. The quantitative estimate of drug-likeness (QED) is 0.624. The van der Waals surface area contributed by atoms with Gasteiger partial charge in [-0.25, -0.2) is 4.98 Å². The minimum absolute atomic E-state index is 0.122. The average Bonchev–Trinajstić information content (AvgIpc) is 2.40. The standard InChI is InChI=1S/C13H10FN3S/c1-2-9-3-5-10(6-4-9)12-13(14)17-11(7-15-12)16-8-18/h3-7H,2H2,1H3. The minimum atomic E-state index is -0.661. The summed E-state index contributed by atoms with van der Waals surface area (Å²) in [5, 5.41) is 2.12. The van der Waals surface area contributed by atoms with Crippen molar-refractivity contribution in [3.63, 3.8) is 0 Å². The first-order valence-electron chi connectivity index (χ1n) is 5.44. The van der Waals surface area contributed by atoms with E-state index < -0.39 is 5.95 Å². The van der Waals surface area contributed by atoms with E-state index in [0.717, 1.165) is 6.42 Å². The van der Waals surface area contributed by atoms with Gasteiger partial charge < -0.3 is 0 Å². The number of thiocarbonyl (C=S) groups is 1. The van der Waals surface area contributed by atoms with E-state index in [1.807, 2.05) is 24.3 Å². The molecule has 0 amide bonds. The molecule has 0 unspecified atom stereocenters. The highest BCUT2D eigenvalue weighted by Gasteiger charge is 2.09. The third kappa shape index (κ3) is 2.64. The first kappa shape index (κ1) is 12.5. The maximum atomic E-state index is 13.7. The predicted octanol–water partition coefficient (Wildman–Crippen LogP) is 3.58. The maximum absolute atomic E-state index is 13.7. The highest BCUT2D eigenvalue weighted by molar-refractivity contribution is 7.78. The second-order valence-corrected chi connectivity index (χ2v) is 3.80. The number of nitrogens with zero attached hydrogens (tertiary/aromatic N) is 3. The molecule has 1 aromatic carbocycles. The van der Waals surface area contributed by atoms with Gasteiger partial charge >= 0.3 is 0 Å². The fourth-order valence-corrected chi connectivity index (χ4v) is 1.64. The summed E-state index contributed by atoms with van der Waals surface area (Å²) in [6.07, 6.45) is 2.31. The lowest BCUT2D eigenvalue weighted by Gasteiger charge is -2.03. The minimum Gasteiger partial charge on any atom is -0.247 e. The molecule has 2 rings (SSSR count). The zero-order chi connectivity index (χ0) is 13.0. The monoisotopic (exact) mass is 259 g/mol. The summed E-state index contributed by atoms with van der Waals surface area (Å²) in [6, 6.07) is 7.54. The van der Waals surface area contributed by atoms with E-state index in [9.17, 15) is 4.39 Å². The zero-order valence-corrected chi connectivity index (χ0v) is 10.5. The van der Waals surface area contributed by atoms with Gasteiger partial charge in [-0.15, -0.1) is 0 Å². The molecular formula is C13H10FN3S. The van der Waals surface area contributed by atoms with Crippen molar-refractivity contribution in [2.75, 3.05) is 0 Å². The fraction of sp³-hybridized carbons (Fsp3) is 0.154. The van der Waals surface area contributed by atoms with Gasteiger partial charge in [-0.1, -0.05) is 31.2 Å². The largest absolute Gasteiger partial charge is 0.247 e. The summed E-state index contributed by atoms with van der Waals surface area (Å²) in [5.41, 5.74) is 2.09. The van der Waals surface area contributed by atoms with Crippen LogP contribution in [0.25, 0.3) is 11.3 Å². The van der Waals surface area contributed by atoms with Gasteiger partial charge in [0, 0.05) is 5.56 Å². The molecule has 1 heterocycles. The Labute approximate surface area is 109 Å². The summed E-state index contributed by atoms with van der Waals surface area (Å²) in [4.78, 5) is 11.2. The number of halogens is 1. The van der Waals surface area contributed by atoms with E-state index in [1.54, 1.807) is 0 Å². The predicted molar refractivity (Wildman–Crippen MR) is 71.5 cm³/mol. The second-order valence-electron chi connectivity index (χ2n) is 3.62. The molecule has 0 saturated heterocycles. The first-order chi connectivity index (χ1) is 8.74. The number of hydrogen-bond acceptors (Lipinski definition) is 4. The van der Waals surface area contributed by atoms with E-state index in [-0.39, 0.29) is 11.5 Å². The summed E-state index contributed by atoms with van der Waals surface area (Å²) in [6.45, 7) is 2.06. The Kier molecular flexibility index (Phi) is 3.87. The van der Waals surface area contributed by atoms with Crippen molar-refractivity contribution in [2.45, 2.75) is 13.3 Å². The summed E-state index contributed by atoms with van der Waals surface area (Å²) < 4.78 is 13.7. The van der Waals surface area contributed by atoms with Crippen LogP contribution in [0.5, 0.6) is 0 Å². The Hall–Kier alpha value is -1.97. The molecule has 1 aromatic heterocycles. The van der Waals surface area contributed by atoms with E-state index in [4.69, 9.17) is 0 Å². The maximum Gasteiger partial charge on any atom is 0.241 e. The number of hydrogen-bond donors (Lipinski definition) is 0. The SMILES string of the molecule is CCc1ccc(-c2ncc(N=C=S)nc2F)cc1. The molecule has 0 radical (unpaired) electrons. The molecule has 0 fully saturated rings. The lowest BCUT2D eigenvalue weighted by Crippen LogP contribution is -1.93. The molecule has 0 aliphatic carbocycles. The molecule has 0 aliphatic rings. The number of isothiocyanates is 1. The molecule has 0 spiro atoms. The normalized spacial score (nSPS) is 9.89. The molecular weight excluding hydrogens is 249 g/mol. The van der Waals surface area contributed by atoms with Gasteiger partial charge in [0.15, 0.2) is 5.82 Å². The van der Waals surface area contributed by atoms with Crippen molar-refractivity contribution in [3.05, 3.63) is 42.0 Å². The molecule has 2 aromatic rings. The van der Waals surface area contributed by atoms with Gasteiger partial charge in [-0.2, -0.15) is 14.4 Å². The molecule has 0 atom stereocenters. The highest BCUT2D eigenvalue weighted by atomic mass is 32.1. The second kappa shape index (κ2) is 5.58. The highest BCUT2D eigenvalue weighted by Crippen LogP contribution is 2.21. The van der Waals surface area contributed by atoms with Crippen LogP contribution in [0.4, 0.5) is 10.2 Å². The van der Waals surface area contributed by atoms with Crippen LogP contribution in [0.15, 0.2) is 35.5 Å². The van der Waals surface area contributed by atoms with Crippen molar-refractivity contribution >= 4 is 23.2 Å². The molecule has 90 valence electrons. The van der Waals surface area contributed by atoms with Crippen molar-refractivity contribution < 1.29 is 4.39 Å². The van der Waals surface area contributed by atoms with Crippen LogP contribution in [0, 0.1) is 5.95 Å². The number of aliphatic imine (C=N–C) groups is 1. The van der Waals surface area contributed by atoms with Crippen LogP contribution in [-0.2, 0) is 6.42 Å². The van der Waals surface area contributed by atoms with Gasteiger partial charge in [0.05, 0.1) is 11.4 Å². The average molecular weight is 259 g/mol. The zero-order valence-electron chi connectivity index (χ0n) is 9.72. The molecule has 0 saturated carbocycles.